The standard InChI is InChI=1S/C18H24N2O6/c1-5-11(2)16(18(24)25-4)20-15(22)10-26-17(23)13-6-8-14(9-7-13)19-12(3)21/h6-9,11,16H,5,10H2,1-4H3,(H,19,21)(H,20,22). The zero-order valence-corrected chi connectivity index (χ0v) is 15.3. The summed E-state index contributed by atoms with van der Waals surface area (Å²) in [6.45, 7) is 4.56. The van der Waals surface area contributed by atoms with Crippen LogP contribution in [0, 0.1) is 5.92 Å². The minimum atomic E-state index is -0.798. The van der Waals surface area contributed by atoms with Crippen molar-refractivity contribution < 1.29 is 28.7 Å². The Morgan fingerprint density at radius 1 is 1.12 bits per heavy atom. The van der Waals surface area contributed by atoms with Crippen LogP contribution in [-0.2, 0) is 23.9 Å². The molecule has 0 saturated carbocycles. The van der Waals surface area contributed by atoms with Gasteiger partial charge in [0.05, 0.1) is 12.7 Å². The number of ether oxygens (including phenoxy) is 2. The topological polar surface area (TPSA) is 111 Å². The van der Waals surface area contributed by atoms with Gasteiger partial charge in [-0.1, -0.05) is 20.3 Å². The van der Waals surface area contributed by atoms with Crippen molar-refractivity contribution in [2.75, 3.05) is 19.0 Å². The van der Waals surface area contributed by atoms with Gasteiger partial charge in [0.15, 0.2) is 6.61 Å². The lowest BCUT2D eigenvalue weighted by atomic mass is 9.99. The molecule has 8 heteroatoms. The van der Waals surface area contributed by atoms with Crippen LogP contribution >= 0.6 is 0 Å². The first-order valence-electron chi connectivity index (χ1n) is 8.20. The van der Waals surface area contributed by atoms with E-state index in [9.17, 15) is 19.2 Å². The maximum absolute atomic E-state index is 12.0. The Balaban J connectivity index is 2.58. The van der Waals surface area contributed by atoms with E-state index in [0.717, 1.165) is 0 Å². The molecule has 0 heterocycles. The molecule has 0 bridgehead atoms. The van der Waals surface area contributed by atoms with Crippen molar-refractivity contribution in [3.63, 3.8) is 0 Å². The van der Waals surface area contributed by atoms with Crippen molar-refractivity contribution >= 4 is 29.4 Å². The second-order valence-corrected chi connectivity index (χ2v) is 5.79. The number of benzene rings is 1. The lowest BCUT2D eigenvalue weighted by Gasteiger charge is -2.21. The second kappa shape index (κ2) is 10.2. The molecule has 2 unspecified atom stereocenters. The summed E-state index contributed by atoms with van der Waals surface area (Å²) in [7, 11) is 1.24. The van der Waals surface area contributed by atoms with Gasteiger partial charge in [-0.2, -0.15) is 0 Å². The summed E-state index contributed by atoms with van der Waals surface area (Å²) >= 11 is 0. The zero-order valence-electron chi connectivity index (χ0n) is 15.3. The predicted molar refractivity (Wildman–Crippen MR) is 94.4 cm³/mol. The van der Waals surface area contributed by atoms with E-state index in [0.29, 0.717) is 12.1 Å². The molecule has 0 saturated heterocycles. The van der Waals surface area contributed by atoms with Gasteiger partial charge in [-0.25, -0.2) is 9.59 Å². The summed E-state index contributed by atoms with van der Waals surface area (Å²) in [5, 5.41) is 5.09. The minimum absolute atomic E-state index is 0.122. The molecule has 1 aromatic rings. The zero-order chi connectivity index (χ0) is 19.7. The molecule has 2 N–H and O–H groups in total. The molecular weight excluding hydrogens is 340 g/mol. The van der Waals surface area contributed by atoms with Crippen molar-refractivity contribution in [3.05, 3.63) is 29.8 Å². The van der Waals surface area contributed by atoms with Gasteiger partial charge in [-0.15, -0.1) is 0 Å². The van der Waals surface area contributed by atoms with Crippen LogP contribution in [0.25, 0.3) is 0 Å². The van der Waals surface area contributed by atoms with Gasteiger partial charge in [0.1, 0.15) is 6.04 Å². The van der Waals surface area contributed by atoms with E-state index in [1.807, 2.05) is 13.8 Å². The molecular formula is C18H24N2O6. The molecule has 2 atom stereocenters. The van der Waals surface area contributed by atoms with E-state index in [-0.39, 0.29) is 17.4 Å². The normalized spacial score (nSPS) is 12.5. The molecule has 142 valence electrons. The number of hydrogen-bond donors (Lipinski definition) is 2. The van der Waals surface area contributed by atoms with Gasteiger partial charge in [-0.05, 0) is 30.2 Å². The van der Waals surface area contributed by atoms with E-state index < -0.39 is 30.5 Å². The molecule has 0 radical (unpaired) electrons. The van der Waals surface area contributed by atoms with Crippen LogP contribution in [-0.4, -0.2) is 43.5 Å². The molecule has 26 heavy (non-hydrogen) atoms. The number of hydrogen-bond acceptors (Lipinski definition) is 6. The molecule has 0 aliphatic carbocycles. The highest BCUT2D eigenvalue weighted by Gasteiger charge is 2.27. The number of methoxy groups -OCH3 is 1. The van der Waals surface area contributed by atoms with Crippen molar-refractivity contribution in [3.8, 4) is 0 Å². The van der Waals surface area contributed by atoms with E-state index >= 15 is 0 Å². The summed E-state index contributed by atoms with van der Waals surface area (Å²) < 4.78 is 9.63. The smallest absolute Gasteiger partial charge is 0.338 e. The van der Waals surface area contributed by atoms with Gasteiger partial charge < -0.3 is 20.1 Å². The van der Waals surface area contributed by atoms with Crippen LogP contribution in [0.2, 0.25) is 0 Å². The van der Waals surface area contributed by atoms with E-state index in [2.05, 4.69) is 15.4 Å². The predicted octanol–water partition coefficient (Wildman–Crippen LogP) is 1.51. The first-order chi connectivity index (χ1) is 12.3. The van der Waals surface area contributed by atoms with Crippen molar-refractivity contribution in [2.24, 2.45) is 5.92 Å². The van der Waals surface area contributed by atoms with Crippen LogP contribution in [0.4, 0.5) is 5.69 Å². The number of nitrogens with one attached hydrogen (secondary N) is 2. The van der Waals surface area contributed by atoms with Crippen molar-refractivity contribution in [1.29, 1.82) is 0 Å². The Bertz CT molecular complexity index is 656. The largest absolute Gasteiger partial charge is 0.467 e. The summed E-state index contributed by atoms with van der Waals surface area (Å²) in [6.07, 6.45) is 0.667. The third-order valence-corrected chi connectivity index (χ3v) is 3.76. The average molecular weight is 364 g/mol. The van der Waals surface area contributed by atoms with Gasteiger partial charge in [0.25, 0.3) is 5.91 Å². The molecule has 0 aliphatic heterocycles. The fourth-order valence-electron chi connectivity index (χ4n) is 2.12. The first kappa shape index (κ1) is 21.1. The third kappa shape index (κ3) is 6.54. The molecule has 1 rings (SSSR count). The first-order valence-corrected chi connectivity index (χ1v) is 8.20. The highest BCUT2D eigenvalue weighted by Crippen LogP contribution is 2.11. The molecule has 0 aromatic heterocycles. The van der Waals surface area contributed by atoms with E-state index in [1.165, 1.54) is 26.2 Å². The number of rotatable bonds is 8. The number of amides is 2. The van der Waals surface area contributed by atoms with Crippen LogP contribution in [0.15, 0.2) is 24.3 Å². The fraction of sp³-hybridized carbons (Fsp3) is 0.444. The summed E-state index contributed by atoms with van der Waals surface area (Å²) in [5.41, 5.74) is 0.777. The number of carbonyl (C=O) groups excluding carboxylic acids is 4. The number of esters is 2. The van der Waals surface area contributed by atoms with Gasteiger partial charge >= 0.3 is 11.9 Å². The summed E-state index contributed by atoms with van der Waals surface area (Å²) in [4.78, 5) is 46.6. The quantitative estimate of drug-likeness (QED) is 0.677. The Labute approximate surface area is 152 Å². The lowest BCUT2D eigenvalue weighted by Crippen LogP contribution is -2.47. The SMILES string of the molecule is CCC(C)C(NC(=O)COC(=O)c1ccc(NC(C)=O)cc1)C(=O)OC. The fourth-order valence-corrected chi connectivity index (χ4v) is 2.12. The monoisotopic (exact) mass is 364 g/mol. The minimum Gasteiger partial charge on any atom is -0.467 e. The Morgan fingerprint density at radius 2 is 1.73 bits per heavy atom. The lowest BCUT2D eigenvalue weighted by molar-refractivity contribution is -0.147. The van der Waals surface area contributed by atoms with E-state index in [4.69, 9.17) is 4.74 Å². The van der Waals surface area contributed by atoms with Gasteiger partial charge in [0.2, 0.25) is 5.91 Å². The number of carbonyl (C=O) groups is 4. The highest BCUT2D eigenvalue weighted by atomic mass is 16.5. The molecule has 8 nitrogen and oxygen atoms in total. The number of anilines is 1. The van der Waals surface area contributed by atoms with Crippen molar-refractivity contribution in [2.45, 2.75) is 33.2 Å². The Morgan fingerprint density at radius 3 is 2.23 bits per heavy atom. The van der Waals surface area contributed by atoms with Gasteiger partial charge in [-0.3, -0.25) is 9.59 Å². The molecule has 0 aliphatic rings. The second-order valence-electron chi connectivity index (χ2n) is 5.79. The van der Waals surface area contributed by atoms with Crippen LogP contribution in [0.5, 0.6) is 0 Å². The highest BCUT2D eigenvalue weighted by molar-refractivity contribution is 5.93. The van der Waals surface area contributed by atoms with E-state index in [1.54, 1.807) is 12.1 Å². The van der Waals surface area contributed by atoms with Crippen LogP contribution in [0.1, 0.15) is 37.6 Å². The third-order valence-electron chi connectivity index (χ3n) is 3.76. The molecule has 0 fully saturated rings. The van der Waals surface area contributed by atoms with Crippen LogP contribution < -0.4 is 10.6 Å². The average Bonchev–Trinajstić information content (AvgIpc) is 2.63. The van der Waals surface area contributed by atoms with Crippen LogP contribution in [0.3, 0.4) is 0 Å². The summed E-state index contributed by atoms with van der Waals surface area (Å²) in [6, 6.07) is 5.25. The molecule has 2 amide bonds. The Kier molecular flexibility index (Phi) is 8.27. The Hall–Kier alpha value is -2.90. The van der Waals surface area contributed by atoms with Crippen molar-refractivity contribution in [1.82, 2.24) is 5.32 Å². The maximum Gasteiger partial charge on any atom is 0.338 e. The van der Waals surface area contributed by atoms with Gasteiger partial charge in [0, 0.05) is 12.6 Å². The molecule has 1 aromatic carbocycles. The summed E-state index contributed by atoms with van der Waals surface area (Å²) in [5.74, 6) is -2.17. The molecule has 0 spiro atoms. The maximum atomic E-state index is 12.0.